The molecule has 0 aromatic heterocycles. The van der Waals surface area contributed by atoms with Crippen molar-refractivity contribution < 1.29 is 9.47 Å². The van der Waals surface area contributed by atoms with E-state index in [0.29, 0.717) is 0 Å². The number of benzene rings is 2. The average molecular weight is 306 g/mol. The minimum absolute atomic E-state index is 0.199. The molecule has 0 fully saturated rings. The highest BCUT2D eigenvalue weighted by atomic mass is 35.5. The highest BCUT2D eigenvalue weighted by Crippen LogP contribution is 2.33. The lowest BCUT2D eigenvalue weighted by atomic mass is 10.0. The molecule has 4 heteroatoms. The molecule has 2 rings (SSSR count). The first-order valence-corrected chi connectivity index (χ1v) is 7.29. The maximum Gasteiger partial charge on any atom is 0.145 e. The number of nitrogens with one attached hydrogen (secondary N) is 1. The molecule has 3 nitrogen and oxygen atoms in total. The number of methoxy groups -OCH3 is 2. The molecular formula is C17H20ClNO2. The summed E-state index contributed by atoms with van der Waals surface area (Å²) in [5, 5.41) is 4.26. The zero-order valence-electron chi connectivity index (χ0n) is 12.5. The molecule has 1 N–H and O–H groups in total. The van der Waals surface area contributed by atoms with Crippen molar-refractivity contribution in [2.24, 2.45) is 0 Å². The van der Waals surface area contributed by atoms with Gasteiger partial charge < -0.3 is 14.8 Å². The number of hydrogen-bond acceptors (Lipinski definition) is 3. The Bertz CT molecular complexity index is 584. The molecule has 0 saturated carbocycles. The lowest BCUT2D eigenvalue weighted by Crippen LogP contribution is -2.10. The largest absolute Gasteiger partial charge is 0.497 e. The van der Waals surface area contributed by atoms with Crippen LogP contribution in [0.15, 0.2) is 42.5 Å². The van der Waals surface area contributed by atoms with E-state index >= 15 is 0 Å². The second kappa shape index (κ2) is 7.23. The van der Waals surface area contributed by atoms with Crippen LogP contribution in [0.4, 0.5) is 5.69 Å². The molecule has 1 unspecified atom stereocenters. The summed E-state index contributed by atoms with van der Waals surface area (Å²) in [5.41, 5.74) is 2.14. The normalized spacial score (nSPS) is 11.8. The van der Waals surface area contributed by atoms with Crippen LogP contribution in [-0.4, -0.2) is 14.2 Å². The topological polar surface area (TPSA) is 30.5 Å². The summed E-state index contributed by atoms with van der Waals surface area (Å²) < 4.78 is 10.6. The lowest BCUT2D eigenvalue weighted by Gasteiger charge is -2.21. The fourth-order valence-corrected chi connectivity index (χ4v) is 2.35. The van der Waals surface area contributed by atoms with Gasteiger partial charge >= 0.3 is 0 Å². The molecule has 0 spiro atoms. The SMILES string of the molecule is CCC(Nc1ccc(OC)cc1OC)c1ccc(Cl)cc1. The van der Waals surface area contributed by atoms with Gasteiger partial charge in [-0.2, -0.15) is 0 Å². The summed E-state index contributed by atoms with van der Waals surface area (Å²) in [7, 11) is 3.30. The van der Waals surface area contributed by atoms with Crippen molar-refractivity contribution in [2.75, 3.05) is 19.5 Å². The minimum Gasteiger partial charge on any atom is -0.497 e. The lowest BCUT2D eigenvalue weighted by molar-refractivity contribution is 0.395. The van der Waals surface area contributed by atoms with Gasteiger partial charge in [-0.15, -0.1) is 0 Å². The molecule has 0 bridgehead atoms. The molecule has 0 amide bonds. The van der Waals surface area contributed by atoms with Crippen LogP contribution in [0.1, 0.15) is 24.9 Å². The number of halogens is 1. The zero-order chi connectivity index (χ0) is 15.2. The Morgan fingerprint density at radius 3 is 2.33 bits per heavy atom. The van der Waals surface area contributed by atoms with Crippen molar-refractivity contribution in [3.8, 4) is 11.5 Å². The Morgan fingerprint density at radius 2 is 1.76 bits per heavy atom. The van der Waals surface area contributed by atoms with E-state index < -0.39 is 0 Å². The van der Waals surface area contributed by atoms with E-state index in [2.05, 4.69) is 12.2 Å². The molecule has 21 heavy (non-hydrogen) atoms. The number of hydrogen-bond donors (Lipinski definition) is 1. The standard InChI is InChI=1S/C17H20ClNO2/c1-4-15(12-5-7-13(18)8-6-12)19-16-10-9-14(20-2)11-17(16)21-3/h5-11,15,19H,4H2,1-3H3. The van der Waals surface area contributed by atoms with Crippen molar-refractivity contribution in [3.63, 3.8) is 0 Å². The van der Waals surface area contributed by atoms with Crippen LogP contribution < -0.4 is 14.8 Å². The van der Waals surface area contributed by atoms with E-state index in [9.17, 15) is 0 Å². The first-order chi connectivity index (χ1) is 10.2. The Hall–Kier alpha value is -1.87. The minimum atomic E-state index is 0.199. The van der Waals surface area contributed by atoms with E-state index in [1.54, 1.807) is 14.2 Å². The van der Waals surface area contributed by atoms with Crippen LogP contribution in [-0.2, 0) is 0 Å². The van der Waals surface area contributed by atoms with Crippen molar-refractivity contribution in [3.05, 3.63) is 53.1 Å². The quantitative estimate of drug-likeness (QED) is 0.821. The van der Waals surface area contributed by atoms with E-state index in [1.807, 2.05) is 42.5 Å². The van der Waals surface area contributed by atoms with Crippen LogP contribution >= 0.6 is 11.6 Å². The molecule has 0 aliphatic carbocycles. The fourth-order valence-electron chi connectivity index (χ4n) is 2.22. The third kappa shape index (κ3) is 3.82. The highest BCUT2D eigenvalue weighted by molar-refractivity contribution is 6.30. The average Bonchev–Trinajstić information content (AvgIpc) is 2.53. The van der Waals surface area contributed by atoms with Crippen molar-refractivity contribution in [1.29, 1.82) is 0 Å². The molecule has 0 saturated heterocycles. The van der Waals surface area contributed by atoms with E-state index in [1.165, 1.54) is 5.56 Å². The van der Waals surface area contributed by atoms with Gasteiger partial charge in [0.05, 0.1) is 25.9 Å². The second-order valence-electron chi connectivity index (χ2n) is 4.72. The summed E-state index contributed by atoms with van der Waals surface area (Å²) in [4.78, 5) is 0. The molecule has 0 aliphatic rings. The molecule has 1 atom stereocenters. The molecule has 2 aromatic carbocycles. The Balaban J connectivity index is 2.24. The Morgan fingerprint density at radius 1 is 1.05 bits per heavy atom. The first kappa shape index (κ1) is 15.5. The Kier molecular flexibility index (Phi) is 5.34. The van der Waals surface area contributed by atoms with Gasteiger partial charge in [0.15, 0.2) is 0 Å². The summed E-state index contributed by atoms with van der Waals surface area (Å²) in [5.74, 6) is 1.54. The molecule has 112 valence electrons. The van der Waals surface area contributed by atoms with Gasteiger partial charge in [-0.1, -0.05) is 30.7 Å². The van der Waals surface area contributed by atoms with Gasteiger partial charge in [0.25, 0.3) is 0 Å². The maximum atomic E-state index is 5.95. The molecular weight excluding hydrogens is 286 g/mol. The first-order valence-electron chi connectivity index (χ1n) is 6.92. The summed E-state index contributed by atoms with van der Waals surface area (Å²) in [6.07, 6.45) is 0.955. The predicted octanol–water partition coefficient (Wildman–Crippen LogP) is 4.92. The van der Waals surface area contributed by atoms with E-state index in [4.69, 9.17) is 21.1 Å². The van der Waals surface area contributed by atoms with Crippen LogP contribution in [0.5, 0.6) is 11.5 Å². The number of anilines is 1. The zero-order valence-corrected chi connectivity index (χ0v) is 13.3. The molecule has 2 aromatic rings. The summed E-state index contributed by atoms with van der Waals surface area (Å²) in [6, 6.07) is 13.9. The third-order valence-corrected chi connectivity index (χ3v) is 3.67. The van der Waals surface area contributed by atoms with Crippen LogP contribution in [0, 0.1) is 0 Å². The van der Waals surface area contributed by atoms with Crippen molar-refractivity contribution in [2.45, 2.75) is 19.4 Å². The van der Waals surface area contributed by atoms with Crippen LogP contribution in [0.2, 0.25) is 5.02 Å². The van der Waals surface area contributed by atoms with Crippen LogP contribution in [0.3, 0.4) is 0 Å². The van der Waals surface area contributed by atoms with Gasteiger partial charge in [-0.25, -0.2) is 0 Å². The van der Waals surface area contributed by atoms with Crippen LogP contribution in [0.25, 0.3) is 0 Å². The maximum absolute atomic E-state index is 5.95. The Labute approximate surface area is 130 Å². The summed E-state index contributed by atoms with van der Waals surface area (Å²) >= 11 is 5.95. The number of ether oxygens (including phenoxy) is 2. The highest BCUT2D eigenvalue weighted by Gasteiger charge is 2.12. The molecule has 0 heterocycles. The van der Waals surface area contributed by atoms with E-state index in [0.717, 1.165) is 28.6 Å². The van der Waals surface area contributed by atoms with Gasteiger partial charge in [0.2, 0.25) is 0 Å². The number of rotatable bonds is 6. The fraction of sp³-hybridized carbons (Fsp3) is 0.294. The predicted molar refractivity (Wildman–Crippen MR) is 87.7 cm³/mol. The monoisotopic (exact) mass is 305 g/mol. The van der Waals surface area contributed by atoms with E-state index in [-0.39, 0.29) is 6.04 Å². The smallest absolute Gasteiger partial charge is 0.145 e. The van der Waals surface area contributed by atoms with Gasteiger partial charge in [0, 0.05) is 11.1 Å². The van der Waals surface area contributed by atoms with Gasteiger partial charge in [0.1, 0.15) is 11.5 Å². The van der Waals surface area contributed by atoms with Crippen molar-refractivity contribution >= 4 is 17.3 Å². The van der Waals surface area contributed by atoms with Gasteiger partial charge in [-0.3, -0.25) is 0 Å². The summed E-state index contributed by atoms with van der Waals surface area (Å²) in [6.45, 7) is 2.14. The van der Waals surface area contributed by atoms with Crippen molar-refractivity contribution in [1.82, 2.24) is 0 Å². The second-order valence-corrected chi connectivity index (χ2v) is 5.16. The molecule has 0 aliphatic heterocycles. The van der Waals surface area contributed by atoms with Gasteiger partial charge in [-0.05, 0) is 36.2 Å². The molecule has 0 radical (unpaired) electrons. The third-order valence-electron chi connectivity index (χ3n) is 3.42.